The van der Waals surface area contributed by atoms with Crippen molar-refractivity contribution in [2.75, 3.05) is 6.61 Å². The highest BCUT2D eigenvalue weighted by Crippen LogP contribution is 2.46. The Morgan fingerprint density at radius 3 is 2.61 bits per heavy atom. The van der Waals surface area contributed by atoms with Gasteiger partial charge in [0.05, 0.1) is 22.6 Å². The Balaban J connectivity index is 1.30. The van der Waals surface area contributed by atoms with Crippen LogP contribution < -0.4 is 24.7 Å². The normalized spacial score (nSPS) is 14.0. The molecule has 46 heavy (non-hydrogen) atoms. The van der Waals surface area contributed by atoms with Gasteiger partial charge in [-0.25, -0.2) is 9.18 Å². The molecule has 1 aliphatic heterocycles. The van der Waals surface area contributed by atoms with Gasteiger partial charge >= 0.3 is 5.97 Å². The van der Waals surface area contributed by atoms with Crippen LogP contribution in [0.15, 0.2) is 84.3 Å². The number of allylic oxidation sites excluding steroid dienone is 1. The summed E-state index contributed by atoms with van der Waals surface area (Å²) in [6, 6.07) is 21.7. The smallest absolute Gasteiger partial charge is 0.355 e. The monoisotopic (exact) mass is 694 g/mol. The highest BCUT2D eigenvalue weighted by atomic mass is 35.5. The van der Waals surface area contributed by atoms with E-state index in [2.05, 4.69) is 6.07 Å². The Morgan fingerprint density at radius 1 is 1.04 bits per heavy atom. The molecule has 0 fully saturated rings. The van der Waals surface area contributed by atoms with Gasteiger partial charge in [0.2, 0.25) is 5.88 Å². The summed E-state index contributed by atoms with van der Waals surface area (Å²) in [6.07, 6.45) is 0. The summed E-state index contributed by atoms with van der Waals surface area (Å²) in [4.78, 5) is 13.3. The Kier molecular flexibility index (Phi) is 8.98. The topological polar surface area (TPSA) is 104 Å². The van der Waals surface area contributed by atoms with E-state index in [0.717, 1.165) is 11.3 Å². The molecule has 4 aromatic carbocycles. The van der Waals surface area contributed by atoms with Crippen molar-refractivity contribution in [3.8, 4) is 29.1 Å². The van der Waals surface area contributed by atoms with Gasteiger partial charge in [0, 0.05) is 32.3 Å². The number of hydrogen-bond acceptors (Lipinski definition) is 8. The molecule has 2 heterocycles. The fraction of sp³-hybridized carbons (Fsp3) is 0.118. The molecule has 12 heteroatoms. The van der Waals surface area contributed by atoms with Gasteiger partial charge in [-0.3, -0.25) is 0 Å². The van der Waals surface area contributed by atoms with Gasteiger partial charge in [-0.2, -0.15) is 5.26 Å². The number of halogens is 4. The molecule has 6 rings (SSSR count). The number of thiophene rings is 1. The van der Waals surface area contributed by atoms with Crippen LogP contribution in [0.25, 0.3) is 10.1 Å². The number of hydrogen-bond donors (Lipinski definition) is 1. The third kappa shape index (κ3) is 6.05. The van der Waals surface area contributed by atoms with Crippen molar-refractivity contribution in [1.29, 1.82) is 5.26 Å². The number of ether oxygens (including phenoxy) is 4. The van der Waals surface area contributed by atoms with E-state index in [-0.39, 0.29) is 39.5 Å². The summed E-state index contributed by atoms with van der Waals surface area (Å²) in [7, 11) is 0. The van der Waals surface area contributed by atoms with E-state index in [1.807, 2.05) is 6.92 Å². The summed E-state index contributed by atoms with van der Waals surface area (Å²) in [6.45, 7) is 2.16. The molecular weight excluding hydrogens is 674 g/mol. The van der Waals surface area contributed by atoms with E-state index >= 15 is 0 Å². The fourth-order valence-corrected chi connectivity index (χ4v) is 7.35. The summed E-state index contributed by atoms with van der Waals surface area (Å²) in [5.74, 6) is -0.528. The molecule has 2 N–H and O–H groups in total. The quantitative estimate of drug-likeness (QED) is 0.127. The number of nitriles is 1. The van der Waals surface area contributed by atoms with E-state index in [4.69, 9.17) is 59.5 Å². The Morgan fingerprint density at radius 2 is 1.85 bits per heavy atom. The third-order valence-corrected chi connectivity index (χ3v) is 9.30. The highest BCUT2D eigenvalue weighted by molar-refractivity contribution is 7.21. The van der Waals surface area contributed by atoms with Gasteiger partial charge in [0.1, 0.15) is 40.4 Å². The number of benzene rings is 4. The largest absolute Gasteiger partial charge is 0.490 e. The van der Waals surface area contributed by atoms with Gasteiger partial charge in [-0.05, 0) is 48.9 Å². The molecular formula is C34H22Cl3FN2O5S. The maximum absolute atomic E-state index is 14.2. The average Bonchev–Trinajstić information content (AvgIpc) is 3.36. The number of rotatable bonds is 8. The Labute approximate surface area is 282 Å². The minimum Gasteiger partial charge on any atom is -0.490 e. The lowest BCUT2D eigenvalue weighted by molar-refractivity contribution is 0.0739. The van der Waals surface area contributed by atoms with Crippen LogP contribution in [0.4, 0.5) is 4.39 Å². The first-order valence-electron chi connectivity index (χ1n) is 13.8. The molecule has 0 aliphatic carbocycles. The van der Waals surface area contributed by atoms with Crippen LogP contribution in [0.1, 0.15) is 39.2 Å². The van der Waals surface area contributed by atoms with Gasteiger partial charge < -0.3 is 24.7 Å². The predicted molar refractivity (Wildman–Crippen MR) is 176 cm³/mol. The highest BCUT2D eigenvalue weighted by Gasteiger charge is 2.32. The number of nitrogens with zero attached hydrogens (tertiary/aromatic N) is 1. The second-order valence-corrected chi connectivity index (χ2v) is 12.3. The van der Waals surface area contributed by atoms with E-state index in [9.17, 15) is 14.4 Å². The van der Waals surface area contributed by atoms with Crippen LogP contribution in [-0.4, -0.2) is 12.6 Å². The molecule has 0 saturated heterocycles. The maximum Gasteiger partial charge on any atom is 0.355 e. The van der Waals surface area contributed by atoms with Crippen molar-refractivity contribution in [3.05, 3.63) is 127 Å². The summed E-state index contributed by atoms with van der Waals surface area (Å²) < 4.78 is 38.1. The van der Waals surface area contributed by atoms with E-state index in [1.165, 1.54) is 12.1 Å². The molecule has 7 nitrogen and oxygen atoms in total. The van der Waals surface area contributed by atoms with Gasteiger partial charge in [-0.15, -0.1) is 11.3 Å². The second-order valence-electron chi connectivity index (χ2n) is 10.0. The number of fused-ring (bicyclic) bond motifs is 2. The molecule has 1 aliphatic rings. The van der Waals surface area contributed by atoms with Crippen molar-refractivity contribution >= 4 is 62.2 Å². The van der Waals surface area contributed by atoms with Crippen LogP contribution in [0.2, 0.25) is 15.1 Å². The second kappa shape index (κ2) is 13.1. The Bertz CT molecular complexity index is 2090. The predicted octanol–water partition coefficient (Wildman–Crippen LogP) is 9.42. The van der Waals surface area contributed by atoms with Crippen molar-refractivity contribution in [2.24, 2.45) is 5.73 Å². The summed E-state index contributed by atoms with van der Waals surface area (Å²) >= 11 is 20.0. The van der Waals surface area contributed by atoms with E-state index in [1.54, 1.807) is 60.7 Å². The minimum absolute atomic E-state index is 0.00249. The van der Waals surface area contributed by atoms with Crippen molar-refractivity contribution in [2.45, 2.75) is 19.4 Å². The zero-order valence-corrected chi connectivity index (χ0v) is 27.0. The first-order chi connectivity index (χ1) is 22.2. The molecule has 5 aromatic rings. The molecule has 0 amide bonds. The van der Waals surface area contributed by atoms with Crippen LogP contribution in [0, 0.1) is 17.1 Å². The lowest BCUT2D eigenvalue weighted by Gasteiger charge is -2.27. The van der Waals surface area contributed by atoms with Gasteiger partial charge in [0.25, 0.3) is 0 Å². The lowest BCUT2D eigenvalue weighted by Crippen LogP contribution is -2.21. The molecule has 232 valence electrons. The van der Waals surface area contributed by atoms with Crippen LogP contribution >= 0.6 is 46.1 Å². The molecule has 0 bridgehead atoms. The van der Waals surface area contributed by atoms with Crippen molar-refractivity contribution < 1.29 is 28.1 Å². The summed E-state index contributed by atoms with van der Waals surface area (Å²) in [5, 5.41) is 11.5. The summed E-state index contributed by atoms with van der Waals surface area (Å²) in [5.41, 5.74) is 8.07. The first kappa shape index (κ1) is 31.5. The standard InChI is InChI=1S/C34H22Cl3FN2O5S/c1-2-42-27-11-17(7-10-25(27)43-16-18-5-3-4-6-24(18)38)29-21-9-8-20(14-26(21)45-33(40)22(29)15-39)44-34(41)32-31(37)30-23(36)12-19(35)13-28(30)46-32/h3-14,29H,2,16,40H2,1H3. The molecule has 1 aromatic heterocycles. The van der Waals surface area contributed by atoms with E-state index < -0.39 is 11.9 Å². The lowest BCUT2D eigenvalue weighted by atomic mass is 9.83. The van der Waals surface area contributed by atoms with Gasteiger partial charge in [0.15, 0.2) is 11.5 Å². The molecule has 1 atom stereocenters. The molecule has 0 spiro atoms. The molecule has 1 unspecified atom stereocenters. The van der Waals surface area contributed by atoms with Crippen LogP contribution in [-0.2, 0) is 6.61 Å². The van der Waals surface area contributed by atoms with Crippen LogP contribution in [0.3, 0.4) is 0 Å². The van der Waals surface area contributed by atoms with E-state index in [0.29, 0.717) is 60.7 Å². The molecule has 0 radical (unpaired) electrons. The SMILES string of the molecule is CCOc1cc(C2C(C#N)=C(N)Oc3cc(OC(=O)c4sc5cc(Cl)cc(Cl)c5c4Cl)ccc32)ccc1OCc1ccccc1F. The maximum atomic E-state index is 14.2. The number of carbonyl (C=O) groups is 1. The first-order valence-corrected chi connectivity index (χ1v) is 15.8. The number of nitrogens with two attached hydrogens (primary N) is 1. The average molecular weight is 696 g/mol. The zero-order valence-electron chi connectivity index (χ0n) is 23.9. The Hall–Kier alpha value is -4.46. The third-order valence-electron chi connectivity index (χ3n) is 7.18. The van der Waals surface area contributed by atoms with Crippen molar-refractivity contribution in [3.63, 3.8) is 0 Å². The zero-order chi connectivity index (χ0) is 32.5. The van der Waals surface area contributed by atoms with Crippen molar-refractivity contribution in [1.82, 2.24) is 0 Å². The number of esters is 1. The molecule has 0 saturated carbocycles. The fourth-order valence-electron chi connectivity index (χ4n) is 5.10. The number of carbonyl (C=O) groups excluding carboxylic acids is 1. The van der Waals surface area contributed by atoms with Gasteiger partial charge in [-0.1, -0.05) is 65.1 Å². The minimum atomic E-state index is -0.695. The van der Waals surface area contributed by atoms with Crippen LogP contribution in [0.5, 0.6) is 23.0 Å².